The highest BCUT2D eigenvalue weighted by molar-refractivity contribution is 7.80. The monoisotopic (exact) mass is 163 g/mol. The van der Waals surface area contributed by atoms with Crippen LogP contribution >= 0.6 is 12.6 Å². The Labute approximate surface area is 68.6 Å². The fraction of sp³-hybridized carbons (Fsp3) is 1.00. The van der Waals surface area contributed by atoms with Crippen molar-refractivity contribution < 1.29 is 5.11 Å². The summed E-state index contributed by atoms with van der Waals surface area (Å²) in [7, 11) is 0. The molecule has 0 heterocycles. The van der Waals surface area contributed by atoms with Crippen LogP contribution in [0.1, 0.15) is 13.3 Å². The first kappa shape index (κ1) is 10.3. The van der Waals surface area contributed by atoms with E-state index in [4.69, 9.17) is 5.11 Å². The van der Waals surface area contributed by atoms with E-state index in [9.17, 15) is 0 Å². The minimum atomic E-state index is 0.295. The number of nitrogens with zero attached hydrogens (tertiary/aromatic N) is 1. The summed E-state index contributed by atoms with van der Waals surface area (Å²) in [6, 6.07) is 0. The highest BCUT2D eigenvalue weighted by Crippen LogP contribution is 1.90. The van der Waals surface area contributed by atoms with Gasteiger partial charge in [0.1, 0.15) is 0 Å². The smallest absolute Gasteiger partial charge is 0.0443 e. The Kier molecular flexibility index (Phi) is 7.58. The maximum atomic E-state index is 8.53. The SMILES string of the molecule is CCN(CCS)CCCO. The third-order valence-corrected chi connectivity index (χ3v) is 1.70. The summed E-state index contributed by atoms with van der Waals surface area (Å²) >= 11 is 4.13. The van der Waals surface area contributed by atoms with Crippen molar-refractivity contribution in [2.45, 2.75) is 13.3 Å². The van der Waals surface area contributed by atoms with E-state index in [1.807, 2.05) is 0 Å². The van der Waals surface area contributed by atoms with E-state index < -0.39 is 0 Å². The van der Waals surface area contributed by atoms with Gasteiger partial charge in [0.2, 0.25) is 0 Å². The molecule has 0 aliphatic rings. The largest absolute Gasteiger partial charge is 0.396 e. The predicted octanol–water partition coefficient (Wildman–Crippen LogP) is 0.620. The van der Waals surface area contributed by atoms with Gasteiger partial charge in [0.25, 0.3) is 0 Å². The molecule has 10 heavy (non-hydrogen) atoms. The van der Waals surface area contributed by atoms with Crippen LogP contribution in [0.25, 0.3) is 0 Å². The third-order valence-electron chi connectivity index (χ3n) is 1.50. The van der Waals surface area contributed by atoms with Crippen molar-refractivity contribution in [2.24, 2.45) is 0 Å². The maximum Gasteiger partial charge on any atom is 0.0443 e. The molecule has 0 aliphatic carbocycles. The number of hydrogen-bond donors (Lipinski definition) is 2. The number of thiol groups is 1. The lowest BCUT2D eigenvalue weighted by molar-refractivity contribution is 0.237. The van der Waals surface area contributed by atoms with Gasteiger partial charge in [0, 0.05) is 25.4 Å². The Morgan fingerprint density at radius 2 is 2.10 bits per heavy atom. The molecular formula is C7H17NOS. The van der Waals surface area contributed by atoms with E-state index in [1.165, 1.54) is 0 Å². The van der Waals surface area contributed by atoms with Gasteiger partial charge in [-0.3, -0.25) is 0 Å². The van der Waals surface area contributed by atoms with Crippen molar-refractivity contribution in [1.82, 2.24) is 4.90 Å². The fourth-order valence-corrected chi connectivity index (χ4v) is 1.15. The van der Waals surface area contributed by atoms with E-state index in [0.29, 0.717) is 6.61 Å². The quantitative estimate of drug-likeness (QED) is 0.561. The van der Waals surface area contributed by atoms with Crippen LogP contribution in [0.15, 0.2) is 0 Å². The molecule has 2 nitrogen and oxygen atoms in total. The normalized spacial score (nSPS) is 10.8. The Bertz CT molecular complexity index is 70.6. The molecule has 0 unspecified atom stereocenters. The van der Waals surface area contributed by atoms with Gasteiger partial charge in [-0.05, 0) is 13.0 Å². The fourth-order valence-electron chi connectivity index (χ4n) is 0.864. The lowest BCUT2D eigenvalue weighted by Crippen LogP contribution is -2.27. The number of aliphatic hydroxyl groups is 1. The summed E-state index contributed by atoms with van der Waals surface area (Å²) in [6.07, 6.45) is 0.877. The molecule has 0 aromatic carbocycles. The first-order valence-electron chi connectivity index (χ1n) is 3.79. The lowest BCUT2D eigenvalue weighted by Gasteiger charge is -2.17. The van der Waals surface area contributed by atoms with Crippen molar-refractivity contribution in [3.8, 4) is 0 Å². The molecule has 1 N–H and O–H groups in total. The number of hydrogen-bond acceptors (Lipinski definition) is 3. The molecule has 0 bridgehead atoms. The number of aliphatic hydroxyl groups excluding tert-OH is 1. The first-order chi connectivity index (χ1) is 4.85. The van der Waals surface area contributed by atoms with Crippen LogP contribution in [0.2, 0.25) is 0 Å². The second-order valence-electron chi connectivity index (χ2n) is 2.24. The highest BCUT2D eigenvalue weighted by atomic mass is 32.1. The molecule has 0 aromatic rings. The third kappa shape index (κ3) is 5.09. The standard InChI is InChI=1S/C7H17NOS/c1-2-8(5-7-10)4-3-6-9/h9-10H,2-7H2,1H3. The molecule has 0 rings (SSSR count). The van der Waals surface area contributed by atoms with Gasteiger partial charge in [-0.25, -0.2) is 0 Å². The van der Waals surface area contributed by atoms with E-state index in [2.05, 4.69) is 24.5 Å². The van der Waals surface area contributed by atoms with Crippen LogP contribution in [-0.2, 0) is 0 Å². The van der Waals surface area contributed by atoms with Gasteiger partial charge in [0.15, 0.2) is 0 Å². The molecular weight excluding hydrogens is 146 g/mol. The summed E-state index contributed by atoms with van der Waals surface area (Å²) in [5.74, 6) is 0.902. The first-order valence-corrected chi connectivity index (χ1v) is 4.42. The second-order valence-corrected chi connectivity index (χ2v) is 2.68. The average molecular weight is 163 g/mol. The van der Waals surface area contributed by atoms with Crippen LogP contribution in [-0.4, -0.2) is 42.0 Å². The summed E-state index contributed by atoms with van der Waals surface area (Å²) in [5.41, 5.74) is 0. The highest BCUT2D eigenvalue weighted by Gasteiger charge is 1.97. The van der Waals surface area contributed by atoms with E-state index in [0.717, 1.165) is 31.8 Å². The van der Waals surface area contributed by atoms with Crippen LogP contribution in [0.3, 0.4) is 0 Å². The molecule has 0 aromatic heterocycles. The van der Waals surface area contributed by atoms with Crippen LogP contribution in [0.5, 0.6) is 0 Å². The lowest BCUT2D eigenvalue weighted by atomic mass is 10.4. The molecule has 0 atom stereocenters. The van der Waals surface area contributed by atoms with Gasteiger partial charge < -0.3 is 10.0 Å². The molecule has 62 valence electrons. The summed E-state index contributed by atoms with van der Waals surface area (Å²) < 4.78 is 0. The van der Waals surface area contributed by atoms with Crippen LogP contribution in [0.4, 0.5) is 0 Å². The molecule has 0 amide bonds. The van der Waals surface area contributed by atoms with Crippen molar-refractivity contribution in [2.75, 3.05) is 32.0 Å². The Morgan fingerprint density at radius 1 is 1.40 bits per heavy atom. The van der Waals surface area contributed by atoms with Crippen molar-refractivity contribution in [3.63, 3.8) is 0 Å². The minimum absolute atomic E-state index is 0.295. The van der Waals surface area contributed by atoms with Gasteiger partial charge in [-0.15, -0.1) is 0 Å². The number of rotatable bonds is 6. The molecule has 0 saturated heterocycles. The minimum Gasteiger partial charge on any atom is -0.396 e. The van der Waals surface area contributed by atoms with Crippen LogP contribution in [0, 0.1) is 0 Å². The summed E-state index contributed by atoms with van der Waals surface area (Å²) in [5, 5.41) is 8.53. The van der Waals surface area contributed by atoms with E-state index in [1.54, 1.807) is 0 Å². The van der Waals surface area contributed by atoms with Crippen molar-refractivity contribution in [3.05, 3.63) is 0 Å². The zero-order chi connectivity index (χ0) is 7.82. The molecule has 0 spiro atoms. The zero-order valence-electron chi connectivity index (χ0n) is 6.58. The second kappa shape index (κ2) is 7.38. The van der Waals surface area contributed by atoms with Crippen molar-refractivity contribution in [1.29, 1.82) is 0 Å². The van der Waals surface area contributed by atoms with Crippen LogP contribution < -0.4 is 0 Å². The molecule has 0 fully saturated rings. The molecule has 3 heteroatoms. The van der Waals surface area contributed by atoms with Gasteiger partial charge in [-0.2, -0.15) is 12.6 Å². The van der Waals surface area contributed by atoms with E-state index >= 15 is 0 Å². The summed E-state index contributed by atoms with van der Waals surface area (Å²) in [6.45, 7) is 5.50. The average Bonchev–Trinajstić information content (AvgIpc) is 1.98. The Morgan fingerprint density at radius 3 is 2.50 bits per heavy atom. The Hall–Kier alpha value is 0.270. The molecule has 0 aliphatic heterocycles. The molecule has 0 saturated carbocycles. The maximum absolute atomic E-state index is 8.53. The van der Waals surface area contributed by atoms with E-state index in [-0.39, 0.29) is 0 Å². The zero-order valence-corrected chi connectivity index (χ0v) is 7.48. The van der Waals surface area contributed by atoms with Gasteiger partial charge >= 0.3 is 0 Å². The predicted molar refractivity (Wildman–Crippen MR) is 47.7 cm³/mol. The molecule has 0 radical (unpaired) electrons. The topological polar surface area (TPSA) is 23.5 Å². The van der Waals surface area contributed by atoms with Gasteiger partial charge in [-0.1, -0.05) is 6.92 Å². The van der Waals surface area contributed by atoms with Crippen molar-refractivity contribution >= 4 is 12.6 Å². The Balaban J connectivity index is 3.21. The summed E-state index contributed by atoms with van der Waals surface area (Å²) in [4.78, 5) is 2.28. The van der Waals surface area contributed by atoms with Gasteiger partial charge in [0.05, 0.1) is 0 Å².